The van der Waals surface area contributed by atoms with Crippen LogP contribution in [-0.4, -0.2) is 9.95 Å². The minimum atomic E-state index is 0.986. The molecule has 0 bridgehead atoms. The number of rotatable bonds is 0. The molecule has 1 heterocycles. The van der Waals surface area contributed by atoms with Gasteiger partial charge in [-0.1, -0.05) is 24.2 Å². The third-order valence-electron chi connectivity index (χ3n) is 0.404. The van der Waals surface area contributed by atoms with Crippen molar-refractivity contribution in [1.29, 1.82) is 0 Å². The first-order valence-corrected chi connectivity index (χ1v) is 3.67. The Balaban J connectivity index is 2.37. The van der Waals surface area contributed by atoms with Crippen LogP contribution >= 0.6 is 36.1 Å². The molecule has 0 amide bonds. The summed E-state index contributed by atoms with van der Waals surface area (Å²) in [7, 11) is 0. The highest BCUT2D eigenvalue weighted by Gasteiger charge is 2.04. The zero-order valence-electron chi connectivity index (χ0n) is 2.93. The lowest BCUT2D eigenvalue weighted by Crippen LogP contribution is -1.78. The third kappa shape index (κ3) is 1.11. The lowest BCUT2D eigenvalue weighted by atomic mass is 11.0. The van der Waals surface area contributed by atoms with Crippen LogP contribution in [0.15, 0.2) is 0 Å². The van der Waals surface area contributed by atoms with Crippen molar-refractivity contribution in [3.8, 4) is 0 Å². The van der Waals surface area contributed by atoms with Gasteiger partial charge in [0, 0.05) is 0 Å². The Morgan fingerprint density at radius 3 is 2.83 bits per heavy atom. The van der Waals surface area contributed by atoms with E-state index >= 15 is 0 Å². The van der Waals surface area contributed by atoms with Crippen LogP contribution in [0.25, 0.3) is 0 Å². The Kier molecular flexibility index (Phi) is 1.76. The molecule has 0 aromatic heterocycles. The summed E-state index contributed by atoms with van der Waals surface area (Å²) in [5.74, 6) is 0.986. The van der Waals surface area contributed by atoms with Gasteiger partial charge >= 0.3 is 0 Å². The van der Waals surface area contributed by atoms with E-state index in [0.717, 1.165) is 9.95 Å². The summed E-state index contributed by atoms with van der Waals surface area (Å²) in [6, 6.07) is 0. The molecule has 0 unspecified atom stereocenters. The predicted molar refractivity (Wildman–Crippen MR) is 35.8 cm³/mol. The molecule has 34 valence electrons. The van der Waals surface area contributed by atoms with E-state index in [1.807, 2.05) is 0 Å². The Morgan fingerprint density at radius 2 is 2.67 bits per heavy atom. The average Bonchev–Trinajstić information content (AvgIpc) is 1.86. The molecular weight excluding hydrogens is 134 g/mol. The predicted octanol–water partition coefficient (Wildman–Crippen LogP) is 1.21. The van der Waals surface area contributed by atoms with E-state index < -0.39 is 0 Å². The van der Waals surface area contributed by atoms with Gasteiger partial charge in [0.15, 0.2) is 0 Å². The molecule has 4 heteroatoms. The van der Waals surface area contributed by atoms with E-state index in [1.165, 1.54) is 0 Å². The molecule has 1 nitrogen and oxygen atoms in total. The molecule has 0 spiro atoms. The summed E-state index contributed by atoms with van der Waals surface area (Å²) >= 11 is 7.99. The van der Waals surface area contributed by atoms with Crippen LogP contribution in [0.4, 0.5) is 0 Å². The van der Waals surface area contributed by atoms with Crippen molar-refractivity contribution in [3.63, 3.8) is 0 Å². The Bertz CT molecular complexity index is 63.2. The maximum Gasteiger partial charge on any atom is 0.0752 e. The number of hydrogen-bond donors (Lipinski definition) is 1. The quantitative estimate of drug-likeness (QED) is 0.397. The second kappa shape index (κ2) is 2.16. The zero-order chi connectivity index (χ0) is 4.41. The van der Waals surface area contributed by atoms with Crippen LogP contribution in [0.3, 0.4) is 0 Å². The van der Waals surface area contributed by atoms with Crippen molar-refractivity contribution in [2.75, 3.05) is 5.75 Å². The summed E-state index contributed by atoms with van der Waals surface area (Å²) in [4.78, 5) is 0. The third-order valence-corrected chi connectivity index (χ3v) is 2.77. The fourth-order valence-electron chi connectivity index (χ4n) is 0.194. The van der Waals surface area contributed by atoms with E-state index in [0.29, 0.717) is 0 Å². The van der Waals surface area contributed by atoms with Crippen LogP contribution < -0.4 is 4.13 Å². The van der Waals surface area contributed by atoms with Crippen LogP contribution in [0.1, 0.15) is 0 Å². The Hall–Kier alpha value is 0.750. The summed E-state index contributed by atoms with van der Waals surface area (Å²) in [6.45, 7) is 0. The highest BCUT2D eigenvalue weighted by Crippen LogP contribution is 2.16. The molecule has 6 heavy (non-hydrogen) atoms. The van der Waals surface area contributed by atoms with Gasteiger partial charge in [0.05, 0.1) is 9.95 Å². The minimum absolute atomic E-state index is 0.986. The van der Waals surface area contributed by atoms with Crippen molar-refractivity contribution in [2.45, 2.75) is 0 Å². The number of thiocarbonyl (C=S) groups is 1. The molecule has 0 aromatic rings. The molecule has 1 aliphatic rings. The maximum absolute atomic E-state index is 4.80. The number of nitrogens with one attached hydrogen (secondary N) is 1. The molecule has 1 rings (SSSR count). The molecule has 1 saturated heterocycles. The van der Waals surface area contributed by atoms with Gasteiger partial charge in [0.1, 0.15) is 0 Å². The van der Waals surface area contributed by atoms with Gasteiger partial charge in [0.2, 0.25) is 0 Å². The maximum atomic E-state index is 4.80. The molecule has 0 aromatic carbocycles. The summed E-state index contributed by atoms with van der Waals surface area (Å²) < 4.78 is 4.02. The summed E-state index contributed by atoms with van der Waals surface area (Å²) in [5.41, 5.74) is 0. The lowest BCUT2D eigenvalue weighted by Gasteiger charge is -1.74. The van der Waals surface area contributed by atoms with Crippen LogP contribution in [0.2, 0.25) is 0 Å². The first kappa shape index (κ1) is 4.90. The molecule has 1 aliphatic heterocycles. The highest BCUT2D eigenvalue weighted by atomic mass is 32.2. The van der Waals surface area contributed by atoms with Gasteiger partial charge in [-0.05, 0) is 11.9 Å². The summed E-state index contributed by atoms with van der Waals surface area (Å²) in [5, 5.41) is 0. The average molecular weight is 137 g/mol. The van der Waals surface area contributed by atoms with E-state index in [-0.39, 0.29) is 0 Å². The van der Waals surface area contributed by atoms with Crippen molar-refractivity contribution < 1.29 is 0 Å². The molecule has 0 atom stereocenters. The highest BCUT2D eigenvalue weighted by molar-refractivity contribution is 8.32. The second-order valence-corrected chi connectivity index (χ2v) is 3.54. The fraction of sp³-hybridized carbons (Fsp3) is 0.500. The van der Waals surface area contributed by atoms with Gasteiger partial charge in [-0.15, -0.1) is 0 Å². The van der Waals surface area contributed by atoms with Crippen molar-refractivity contribution in [1.82, 2.24) is 4.13 Å². The molecule has 1 N–H and O–H groups in total. The van der Waals surface area contributed by atoms with Crippen LogP contribution in [0, 0.1) is 0 Å². The van der Waals surface area contributed by atoms with E-state index in [4.69, 9.17) is 12.2 Å². The Morgan fingerprint density at radius 1 is 1.83 bits per heavy atom. The van der Waals surface area contributed by atoms with Gasteiger partial charge in [-0.25, -0.2) is 4.13 Å². The molecule has 0 radical (unpaired) electrons. The first-order valence-electron chi connectivity index (χ1n) is 1.46. The smallest absolute Gasteiger partial charge is 0.0752 e. The standard InChI is InChI=1S/C2H3NS3/c4-2-1-5-3-6-2/h3H,1H2. The first-order chi connectivity index (χ1) is 2.89. The van der Waals surface area contributed by atoms with Crippen LogP contribution in [0.5, 0.6) is 0 Å². The van der Waals surface area contributed by atoms with Gasteiger partial charge in [-0.2, -0.15) is 0 Å². The fourth-order valence-corrected chi connectivity index (χ4v) is 2.05. The minimum Gasteiger partial charge on any atom is -0.203 e. The molecule has 0 aliphatic carbocycles. The second-order valence-electron chi connectivity index (χ2n) is 0.846. The monoisotopic (exact) mass is 137 g/mol. The number of hydrogen-bond acceptors (Lipinski definition) is 4. The van der Waals surface area contributed by atoms with Gasteiger partial charge < -0.3 is 0 Å². The largest absolute Gasteiger partial charge is 0.203 e. The van der Waals surface area contributed by atoms with E-state index in [2.05, 4.69) is 4.13 Å². The lowest BCUT2D eigenvalue weighted by molar-refractivity contribution is 1.79. The molecule has 1 fully saturated rings. The van der Waals surface area contributed by atoms with Crippen molar-refractivity contribution >= 4 is 40.3 Å². The molecule has 0 saturated carbocycles. The van der Waals surface area contributed by atoms with Gasteiger partial charge in [-0.3, -0.25) is 0 Å². The van der Waals surface area contributed by atoms with Crippen molar-refractivity contribution in [3.05, 3.63) is 0 Å². The van der Waals surface area contributed by atoms with Crippen LogP contribution in [-0.2, 0) is 0 Å². The van der Waals surface area contributed by atoms with Gasteiger partial charge in [0.25, 0.3) is 0 Å². The topological polar surface area (TPSA) is 12.0 Å². The Labute approximate surface area is 50.5 Å². The van der Waals surface area contributed by atoms with Crippen molar-refractivity contribution in [2.24, 2.45) is 0 Å². The summed E-state index contributed by atoms with van der Waals surface area (Å²) in [6.07, 6.45) is 0. The normalized spacial score (nSPS) is 22.3. The molecular formula is C2H3NS3. The van der Waals surface area contributed by atoms with E-state index in [9.17, 15) is 0 Å². The van der Waals surface area contributed by atoms with E-state index in [1.54, 1.807) is 23.9 Å². The SMILES string of the molecule is S=C1CSNS1. The zero-order valence-corrected chi connectivity index (χ0v) is 5.38.